The van der Waals surface area contributed by atoms with Crippen LogP contribution < -0.4 is 5.43 Å². The average Bonchev–Trinajstić information content (AvgIpc) is 2.39. The maximum Gasteiger partial charge on any atom is 0.341 e. The first kappa shape index (κ1) is 13.9. The number of rotatable bonds is 3. The first-order valence-corrected chi connectivity index (χ1v) is 6.01. The molecule has 2 heterocycles. The first-order chi connectivity index (χ1) is 9.40. The molecule has 0 bridgehead atoms. The van der Waals surface area contributed by atoms with E-state index < -0.39 is 17.2 Å². The average molecular weight is 276 g/mol. The van der Waals surface area contributed by atoms with E-state index in [0.29, 0.717) is 0 Å². The van der Waals surface area contributed by atoms with Crippen LogP contribution in [0.1, 0.15) is 30.2 Å². The molecule has 2 rings (SSSR count). The third-order valence-electron chi connectivity index (χ3n) is 2.88. The number of carboxylic acids is 1. The van der Waals surface area contributed by atoms with E-state index >= 15 is 0 Å². The molecule has 0 saturated carbocycles. The van der Waals surface area contributed by atoms with Gasteiger partial charge in [0.25, 0.3) is 0 Å². The van der Waals surface area contributed by atoms with E-state index in [1.165, 1.54) is 24.5 Å². The van der Waals surface area contributed by atoms with E-state index in [1.54, 1.807) is 4.57 Å². The third kappa shape index (κ3) is 2.59. The van der Waals surface area contributed by atoms with E-state index in [1.807, 2.05) is 13.8 Å². The van der Waals surface area contributed by atoms with Gasteiger partial charge >= 0.3 is 5.97 Å². The zero-order valence-electron chi connectivity index (χ0n) is 11.0. The SMILES string of the molecule is CC(C)n1cc(C(=O)O)c(=O)c(-c2ccc(F)cn2)c1. The highest BCUT2D eigenvalue weighted by molar-refractivity contribution is 5.88. The molecule has 5 nitrogen and oxygen atoms in total. The Labute approximate surface area is 114 Å². The molecule has 0 unspecified atom stereocenters. The number of carboxylic acid groups (broad SMARTS) is 1. The quantitative estimate of drug-likeness (QED) is 0.933. The van der Waals surface area contributed by atoms with Crippen molar-refractivity contribution in [2.24, 2.45) is 0 Å². The molecule has 2 aromatic rings. The van der Waals surface area contributed by atoms with Crippen LogP contribution in [0, 0.1) is 5.82 Å². The van der Waals surface area contributed by atoms with Gasteiger partial charge in [-0.25, -0.2) is 9.18 Å². The van der Waals surface area contributed by atoms with Crippen molar-refractivity contribution in [2.75, 3.05) is 0 Å². The second-order valence-corrected chi connectivity index (χ2v) is 4.62. The van der Waals surface area contributed by atoms with E-state index in [-0.39, 0.29) is 22.9 Å². The molecule has 0 aliphatic rings. The molecule has 0 aliphatic carbocycles. The predicted octanol–water partition coefficient (Wildman–Crippen LogP) is 2.33. The van der Waals surface area contributed by atoms with E-state index in [9.17, 15) is 14.0 Å². The lowest BCUT2D eigenvalue weighted by molar-refractivity contribution is 0.0694. The lowest BCUT2D eigenvalue weighted by atomic mass is 10.1. The normalized spacial score (nSPS) is 10.8. The molecule has 0 fully saturated rings. The number of carbonyl (C=O) groups is 1. The van der Waals surface area contributed by atoms with Crippen molar-refractivity contribution in [3.8, 4) is 11.3 Å². The van der Waals surface area contributed by atoms with Crippen molar-refractivity contribution in [2.45, 2.75) is 19.9 Å². The maximum absolute atomic E-state index is 12.9. The second kappa shape index (κ2) is 5.24. The highest BCUT2D eigenvalue weighted by Gasteiger charge is 2.16. The van der Waals surface area contributed by atoms with Crippen LogP contribution in [0.4, 0.5) is 4.39 Å². The van der Waals surface area contributed by atoms with Gasteiger partial charge in [0, 0.05) is 18.4 Å². The van der Waals surface area contributed by atoms with Gasteiger partial charge in [0.05, 0.1) is 17.5 Å². The largest absolute Gasteiger partial charge is 0.477 e. The summed E-state index contributed by atoms with van der Waals surface area (Å²) in [6.07, 6.45) is 3.81. The number of halogens is 1. The number of pyridine rings is 2. The van der Waals surface area contributed by atoms with Gasteiger partial charge in [-0.05, 0) is 26.0 Å². The van der Waals surface area contributed by atoms with Crippen LogP contribution in [-0.2, 0) is 0 Å². The smallest absolute Gasteiger partial charge is 0.341 e. The zero-order chi connectivity index (χ0) is 14.9. The molecule has 2 aromatic heterocycles. The highest BCUT2D eigenvalue weighted by atomic mass is 19.1. The Balaban J connectivity index is 2.71. The Hall–Kier alpha value is -2.50. The van der Waals surface area contributed by atoms with Crippen molar-refractivity contribution in [1.29, 1.82) is 0 Å². The Morgan fingerprint density at radius 2 is 2.05 bits per heavy atom. The van der Waals surface area contributed by atoms with E-state index in [2.05, 4.69) is 4.98 Å². The van der Waals surface area contributed by atoms with Crippen LogP contribution in [0.25, 0.3) is 11.3 Å². The third-order valence-corrected chi connectivity index (χ3v) is 2.88. The van der Waals surface area contributed by atoms with Crippen LogP contribution in [0.5, 0.6) is 0 Å². The van der Waals surface area contributed by atoms with Crippen molar-refractivity contribution < 1.29 is 14.3 Å². The minimum Gasteiger partial charge on any atom is -0.477 e. The molecule has 0 atom stereocenters. The minimum atomic E-state index is -1.30. The summed E-state index contributed by atoms with van der Waals surface area (Å²) in [6, 6.07) is 2.50. The topological polar surface area (TPSA) is 72.2 Å². The van der Waals surface area contributed by atoms with Crippen molar-refractivity contribution in [1.82, 2.24) is 9.55 Å². The van der Waals surface area contributed by atoms with Crippen LogP contribution in [0.2, 0.25) is 0 Å². The summed E-state index contributed by atoms with van der Waals surface area (Å²) in [5.41, 5.74) is -0.580. The van der Waals surface area contributed by atoms with Gasteiger partial charge in [-0.15, -0.1) is 0 Å². The van der Waals surface area contributed by atoms with Crippen LogP contribution >= 0.6 is 0 Å². The minimum absolute atomic E-state index is 0.0205. The molecule has 0 amide bonds. The van der Waals surface area contributed by atoms with Gasteiger partial charge in [-0.3, -0.25) is 9.78 Å². The standard InChI is InChI=1S/C14H13FN2O3/c1-8(2)17-6-10(12-4-3-9(15)5-16-12)13(18)11(7-17)14(19)20/h3-8H,1-2H3,(H,19,20). The lowest BCUT2D eigenvalue weighted by Crippen LogP contribution is -2.20. The monoisotopic (exact) mass is 276 g/mol. The summed E-state index contributed by atoms with van der Waals surface area (Å²) in [4.78, 5) is 27.1. The maximum atomic E-state index is 12.9. The van der Waals surface area contributed by atoms with Crippen molar-refractivity contribution >= 4 is 5.97 Å². The predicted molar refractivity (Wildman–Crippen MR) is 71.2 cm³/mol. The molecule has 0 aromatic carbocycles. The first-order valence-electron chi connectivity index (χ1n) is 6.01. The fourth-order valence-corrected chi connectivity index (χ4v) is 1.77. The van der Waals surface area contributed by atoms with Crippen LogP contribution in [0.15, 0.2) is 35.5 Å². The summed E-state index contributed by atoms with van der Waals surface area (Å²) in [6.45, 7) is 3.72. The van der Waals surface area contributed by atoms with Crippen LogP contribution in [0.3, 0.4) is 0 Å². The molecule has 0 aliphatic heterocycles. The number of nitrogens with zero attached hydrogens (tertiary/aromatic N) is 2. The fraction of sp³-hybridized carbons (Fsp3) is 0.214. The number of aromatic carboxylic acids is 1. The van der Waals surface area contributed by atoms with Gasteiger partial charge in [-0.2, -0.15) is 0 Å². The summed E-state index contributed by atoms with van der Waals surface area (Å²) < 4.78 is 14.5. The number of hydrogen-bond acceptors (Lipinski definition) is 3. The number of hydrogen-bond donors (Lipinski definition) is 1. The summed E-state index contributed by atoms with van der Waals surface area (Å²) >= 11 is 0. The van der Waals surface area contributed by atoms with E-state index in [0.717, 1.165) is 6.20 Å². The molecule has 104 valence electrons. The summed E-state index contributed by atoms with van der Waals surface area (Å²) in [5, 5.41) is 9.09. The Kier molecular flexibility index (Phi) is 3.65. The molecule has 0 radical (unpaired) electrons. The molecule has 6 heteroatoms. The van der Waals surface area contributed by atoms with Gasteiger partial charge in [0.2, 0.25) is 5.43 Å². The Bertz CT molecular complexity index is 705. The number of aromatic nitrogens is 2. The highest BCUT2D eigenvalue weighted by Crippen LogP contribution is 2.16. The fourth-order valence-electron chi connectivity index (χ4n) is 1.77. The second-order valence-electron chi connectivity index (χ2n) is 4.62. The molecule has 0 spiro atoms. The molecular formula is C14H13FN2O3. The van der Waals surface area contributed by atoms with E-state index in [4.69, 9.17) is 5.11 Å². The van der Waals surface area contributed by atoms with Gasteiger partial charge < -0.3 is 9.67 Å². The van der Waals surface area contributed by atoms with Gasteiger partial charge in [-0.1, -0.05) is 0 Å². The lowest BCUT2D eigenvalue weighted by Gasteiger charge is -2.13. The van der Waals surface area contributed by atoms with Gasteiger partial charge in [0.1, 0.15) is 11.4 Å². The van der Waals surface area contributed by atoms with Crippen LogP contribution in [-0.4, -0.2) is 20.6 Å². The molecule has 1 N–H and O–H groups in total. The molecular weight excluding hydrogens is 263 g/mol. The summed E-state index contributed by atoms with van der Waals surface area (Å²) in [7, 11) is 0. The summed E-state index contributed by atoms with van der Waals surface area (Å²) in [5.74, 6) is -1.82. The molecule has 0 saturated heterocycles. The van der Waals surface area contributed by atoms with Gasteiger partial charge in [0.15, 0.2) is 0 Å². The van der Waals surface area contributed by atoms with Crippen molar-refractivity contribution in [3.63, 3.8) is 0 Å². The Morgan fingerprint density at radius 3 is 2.55 bits per heavy atom. The molecule has 20 heavy (non-hydrogen) atoms. The zero-order valence-corrected chi connectivity index (χ0v) is 11.0. The Morgan fingerprint density at radius 1 is 1.35 bits per heavy atom. The van der Waals surface area contributed by atoms with Crippen molar-refractivity contribution in [3.05, 3.63) is 52.3 Å².